The molecule has 26 heavy (non-hydrogen) atoms. The van der Waals surface area contributed by atoms with Crippen LogP contribution in [0.3, 0.4) is 0 Å². The van der Waals surface area contributed by atoms with Gasteiger partial charge >= 0.3 is 0 Å². The summed E-state index contributed by atoms with van der Waals surface area (Å²) in [5.41, 5.74) is 4.16. The lowest BCUT2D eigenvalue weighted by molar-refractivity contribution is 0.102. The number of carbonyl (C=O) groups excluding carboxylic acids is 1. The summed E-state index contributed by atoms with van der Waals surface area (Å²) < 4.78 is 7.19. The van der Waals surface area contributed by atoms with Crippen LogP contribution in [0.2, 0.25) is 5.02 Å². The topological polar surface area (TPSA) is 56.1 Å². The number of aryl methyl sites for hydroxylation is 2. The monoisotopic (exact) mass is 369 g/mol. The molecule has 1 N–H and O–H groups in total. The van der Waals surface area contributed by atoms with Crippen LogP contribution in [0.15, 0.2) is 48.5 Å². The Labute approximate surface area is 157 Å². The van der Waals surface area contributed by atoms with Gasteiger partial charge in [-0.3, -0.25) is 9.48 Å². The van der Waals surface area contributed by atoms with E-state index in [2.05, 4.69) is 10.4 Å². The van der Waals surface area contributed by atoms with E-state index in [1.54, 1.807) is 31.4 Å². The molecule has 134 valence electrons. The molecule has 0 atom stereocenters. The first kappa shape index (κ1) is 18.0. The van der Waals surface area contributed by atoms with Gasteiger partial charge in [0, 0.05) is 16.3 Å². The third-order valence-electron chi connectivity index (χ3n) is 4.03. The molecule has 0 saturated heterocycles. The van der Waals surface area contributed by atoms with Crippen molar-refractivity contribution in [1.82, 2.24) is 9.78 Å². The summed E-state index contributed by atoms with van der Waals surface area (Å²) >= 11 is 6.02. The van der Waals surface area contributed by atoms with Crippen LogP contribution in [0.25, 0.3) is 0 Å². The first-order valence-electron chi connectivity index (χ1n) is 8.21. The minimum atomic E-state index is -0.221. The lowest BCUT2D eigenvalue weighted by Crippen LogP contribution is -2.13. The van der Waals surface area contributed by atoms with Crippen molar-refractivity contribution in [3.05, 3.63) is 76.1 Å². The molecule has 2 aromatic carbocycles. The second kappa shape index (κ2) is 7.62. The number of rotatable bonds is 5. The SMILES string of the molecule is COc1ccc(Cl)cc1NC(=O)c1cccc(Cn2nc(C)cc2C)c1. The molecule has 1 heterocycles. The van der Waals surface area contributed by atoms with E-state index < -0.39 is 0 Å². The summed E-state index contributed by atoms with van der Waals surface area (Å²) in [5.74, 6) is 0.335. The highest BCUT2D eigenvalue weighted by Crippen LogP contribution is 2.28. The van der Waals surface area contributed by atoms with E-state index >= 15 is 0 Å². The van der Waals surface area contributed by atoms with Crippen LogP contribution < -0.4 is 10.1 Å². The maximum atomic E-state index is 12.6. The Morgan fingerprint density at radius 3 is 2.69 bits per heavy atom. The van der Waals surface area contributed by atoms with Crippen molar-refractivity contribution in [1.29, 1.82) is 0 Å². The van der Waals surface area contributed by atoms with Crippen molar-refractivity contribution >= 4 is 23.2 Å². The van der Waals surface area contributed by atoms with Crippen molar-refractivity contribution in [2.45, 2.75) is 20.4 Å². The van der Waals surface area contributed by atoms with Gasteiger partial charge in [0.2, 0.25) is 0 Å². The molecule has 3 rings (SSSR count). The summed E-state index contributed by atoms with van der Waals surface area (Å²) in [6.45, 7) is 4.59. The van der Waals surface area contributed by atoms with Crippen molar-refractivity contribution in [3.8, 4) is 5.75 Å². The normalized spacial score (nSPS) is 10.6. The third kappa shape index (κ3) is 4.06. The molecule has 0 aliphatic carbocycles. The second-order valence-electron chi connectivity index (χ2n) is 6.08. The van der Waals surface area contributed by atoms with Gasteiger partial charge in [-0.2, -0.15) is 5.10 Å². The van der Waals surface area contributed by atoms with Gasteiger partial charge in [-0.15, -0.1) is 0 Å². The maximum absolute atomic E-state index is 12.6. The summed E-state index contributed by atoms with van der Waals surface area (Å²) in [4.78, 5) is 12.6. The van der Waals surface area contributed by atoms with Crippen LogP contribution in [-0.4, -0.2) is 22.8 Å². The average molecular weight is 370 g/mol. The standard InChI is InChI=1S/C20H20ClN3O2/c1-13-9-14(2)24(23-13)12-15-5-4-6-16(10-15)20(25)22-18-11-17(21)7-8-19(18)26-3/h4-11H,12H2,1-3H3,(H,22,25). The predicted molar refractivity (Wildman–Crippen MR) is 103 cm³/mol. The van der Waals surface area contributed by atoms with Crippen LogP contribution in [0.1, 0.15) is 27.3 Å². The van der Waals surface area contributed by atoms with Gasteiger partial charge in [0.15, 0.2) is 0 Å². The molecule has 0 aliphatic rings. The predicted octanol–water partition coefficient (Wildman–Crippen LogP) is 4.46. The zero-order valence-electron chi connectivity index (χ0n) is 14.9. The van der Waals surface area contributed by atoms with E-state index in [1.165, 1.54) is 0 Å². The van der Waals surface area contributed by atoms with Crippen LogP contribution in [0.5, 0.6) is 5.75 Å². The van der Waals surface area contributed by atoms with Gasteiger partial charge in [0.05, 0.1) is 25.0 Å². The van der Waals surface area contributed by atoms with Crippen molar-refractivity contribution < 1.29 is 9.53 Å². The minimum Gasteiger partial charge on any atom is -0.495 e. The largest absolute Gasteiger partial charge is 0.495 e. The molecule has 1 aromatic heterocycles. The minimum absolute atomic E-state index is 0.221. The molecule has 0 bridgehead atoms. The smallest absolute Gasteiger partial charge is 0.255 e. The summed E-state index contributed by atoms with van der Waals surface area (Å²) in [7, 11) is 1.55. The van der Waals surface area contributed by atoms with Gasteiger partial charge < -0.3 is 10.1 Å². The quantitative estimate of drug-likeness (QED) is 0.722. The van der Waals surface area contributed by atoms with Crippen LogP contribution in [0.4, 0.5) is 5.69 Å². The summed E-state index contributed by atoms with van der Waals surface area (Å²) in [6.07, 6.45) is 0. The van der Waals surface area contributed by atoms with Crippen LogP contribution >= 0.6 is 11.6 Å². The average Bonchev–Trinajstić information content (AvgIpc) is 2.92. The molecule has 0 unspecified atom stereocenters. The first-order valence-corrected chi connectivity index (χ1v) is 8.59. The van der Waals surface area contributed by atoms with Crippen molar-refractivity contribution in [2.75, 3.05) is 12.4 Å². The highest BCUT2D eigenvalue weighted by atomic mass is 35.5. The van der Waals surface area contributed by atoms with E-state index in [0.29, 0.717) is 28.6 Å². The van der Waals surface area contributed by atoms with Gasteiger partial charge in [-0.05, 0) is 55.8 Å². The highest BCUT2D eigenvalue weighted by Gasteiger charge is 2.11. The van der Waals surface area contributed by atoms with Gasteiger partial charge in [0.25, 0.3) is 5.91 Å². The zero-order chi connectivity index (χ0) is 18.7. The van der Waals surface area contributed by atoms with E-state index in [0.717, 1.165) is 17.0 Å². The number of aromatic nitrogens is 2. The van der Waals surface area contributed by atoms with Crippen LogP contribution in [-0.2, 0) is 6.54 Å². The Balaban J connectivity index is 1.80. The number of hydrogen-bond acceptors (Lipinski definition) is 3. The lowest BCUT2D eigenvalue weighted by Gasteiger charge is -2.11. The third-order valence-corrected chi connectivity index (χ3v) is 4.27. The fourth-order valence-corrected chi connectivity index (χ4v) is 2.96. The van der Waals surface area contributed by atoms with E-state index in [1.807, 2.05) is 42.8 Å². The molecule has 0 spiro atoms. The first-order chi connectivity index (χ1) is 12.5. The number of ether oxygens (including phenoxy) is 1. The molecule has 0 aliphatic heterocycles. The molecule has 0 fully saturated rings. The molecule has 0 saturated carbocycles. The zero-order valence-corrected chi connectivity index (χ0v) is 15.7. The van der Waals surface area contributed by atoms with E-state index in [4.69, 9.17) is 16.3 Å². The van der Waals surface area contributed by atoms with Crippen LogP contribution in [0, 0.1) is 13.8 Å². The summed E-state index contributed by atoms with van der Waals surface area (Å²) in [6, 6.07) is 14.6. The number of halogens is 1. The molecule has 3 aromatic rings. The van der Waals surface area contributed by atoms with Crippen molar-refractivity contribution in [3.63, 3.8) is 0 Å². The number of benzene rings is 2. The number of anilines is 1. The van der Waals surface area contributed by atoms with Gasteiger partial charge in [-0.25, -0.2) is 0 Å². The van der Waals surface area contributed by atoms with E-state index in [9.17, 15) is 4.79 Å². The maximum Gasteiger partial charge on any atom is 0.255 e. The Kier molecular flexibility index (Phi) is 5.28. The Morgan fingerprint density at radius 2 is 2.00 bits per heavy atom. The van der Waals surface area contributed by atoms with Gasteiger partial charge in [-0.1, -0.05) is 23.7 Å². The molecule has 6 heteroatoms. The molecular weight excluding hydrogens is 350 g/mol. The van der Waals surface area contributed by atoms with Crippen molar-refractivity contribution in [2.24, 2.45) is 0 Å². The number of hydrogen-bond donors (Lipinski definition) is 1. The molecular formula is C20H20ClN3O2. The Morgan fingerprint density at radius 1 is 1.19 bits per heavy atom. The molecule has 0 radical (unpaired) electrons. The number of nitrogens with one attached hydrogen (secondary N) is 1. The highest BCUT2D eigenvalue weighted by molar-refractivity contribution is 6.31. The number of amides is 1. The van der Waals surface area contributed by atoms with Gasteiger partial charge in [0.1, 0.15) is 5.75 Å². The number of carbonyl (C=O) groups is 1. The fourth-order valence-electron chi connectivity index (χ4n) is 2.79. The van der Waals surface area contributed by atoms with E-state index in [-0.39, 0.29) is 5.91 Å². The molecule has 5 nitrogen and oxygen atoms in total. The fraction of sp³-hybridized carbons (Fsp3) is 0.200. The number of nitrogens with zero attached hydrogens (tertiary/aromatic N) is 2. The Bertz CT molecular complexity index is 950. The second-order valence-corrected chi connectivity index (χ2v) is 6.52. The lowest BCUT2D eigenvalue weighted by atomic mass is 10.1. The molecule has 1 amide bonds. The Hall–Kier alpha value is -2.79. The summed E-state index contributed by atoms with van der Waals surface area (Å²) in [5, 5.41) is 7.85. The number of methoxy groups -OCH3 is 1.